The summed E-state index contributed by atoms with van der Waals surface area (Å²) in [5.41, 5.74) is 0. The van der Waals surface area contributed by atoms with Crippen molar-refractivity contribution in [3.63, 3.8) is 0 Å². The van der Waals surface area contributed by atoms with E-state index >= 15 is 0 Å². The van der Waals surface area contributed by atoms with Gasteiger partial charge in [0.1, 0.15) is 0 Å². The Hall–Kier alpha value is -0.650. The van der Waals surface area contributed by atoms with Crippen molar-refractivity contribution in [2.45, 2.75) is 25.7 Å². The molecule has 0 unspecified atom stereocenters. The molecule has 0 aromatic carbocycles. The number of carbonyl (C=O) groups excluding carboxylic acids is 1. The largest absolute Gasteiger partial charge is 0.382 e. The summed E-state index contributed by atoms with van der Waals surface area (Å²) in [5.74, 6) is 0.139. The highest BCUT2D eigenvalue weighted by atomic mass is 16.5. The Balaban J connectivity index is 3.08. The van der Waals surface area contributed by atoms with Gasteiger partial charge in [-0.3, -0.25) is 4.79 Å². The summed E-state index contributed by atoms with van der Waals surface area (Å²) in [5, 5.41) is 5.91. The molecule has 0 saturated carbocycles. The van der Waals surface area contributed by atoms with Gasteiger partial charge in [-0.2, -0.15) is 0 Å². The Bertz CT molecular complexity index is 177. The van der Waals surface area contributed by atoms with Crippen LogP contribution in [-0.2, 0) is 14.3 Å². The minimum Gasteiger partial charge on any atom is -0.382 e. The standard InChI is InChI=1S/C12H26N2O3/c1-13-7-5-6-12(15)14-8-3-4-9-17-11-10-16-2/h13H,3-11H2,1-2H3,(H,14,15). The van der Waals surface area contributed by atoms with Crippen LogP contribution in [0.25, 0.3) is 0 Å². The van der Waals surface area contributed by atoms with E-state index in [4.69, 9.17) is 9.47 Å². The van der Waals surface area contributed by atoms with Crippen LogP contribution in [0.5, 0.6) is 0 Å². The average molecular weight is 246 g/mol. The van der Waals surface area contributed by atoms with Gasteiger partial charge < -0.3 is 20.1 Å². The van der Waals surface area contributed by atoms with E-state index in [1.165, 1.54) is 0 Å². The van der Waals surface area contributed by atoms with Crippen molar-refractivity contribution in [2.75, 3.05) is 47.1 Å². The Kier molecular flexibility index (Phi) is 12.9. The van der Waals surface area contributed by atoms with Crippen LogP contribution < -0.4 is 10.6 Å². The number of unbranched alkanes of at least 4 members (excludes halogenated alkanes) is 1. The van der Waals surface area contributed by atoms with E-state index in [0.29, 0.717) is 19.6 Å². The first-order valence-corrected chi connectivity index (χ1v) is 6.29. The number of nitrogens with one attached hydrogen (secondary N) is 2. The highest BCUT2D eigenvalue weighted by molar-refractivity contribution is 5.75. The summed E-state index contributed by atoms with van der Waals surface area (Å²) in [6.07, 6.45) is 3.43. The van der Waals surface area contributed by atoms with Gasteiger partial charge in [-0.05, 0) is 32.9 Å². The van der Waals surface area contributed by atoms with Crippen LogP contribution in [0.1, 0.15) is 25.7 Å². The predicted molar refractivity (Wildman–Crippen MR) is 68.1 cm³/mol. The Morgan fingerprint density at radius 1 is 1.06 bits per heavy atom. The predicted octanol–water partition coefficient (Wildman–Crippen LogP) is 0.545. The molecular weight excluding hydrogens is 220 g/mol. The Morgan fingerprint density at radius 3 is 2.59 bits per heavy atom. The zero-order valence-electron chi connectivity index (χ0n) is 11.1. The summed E-state index contributed by atoms with van der Waals surface area (Å²) in [6, 6.07) is 0. The lowest BCUT2D eigenvalue weighted by atomic mass is 10.2. The van der Waals surface area contributed by atoms with Crippen LogP contribution in [0.3, 0.4) is 0 Å². The van der Waals surface area contributed by atoms with Gasteiger partial charge >= 0.3 is 0 Å². The van der Waals surface area contributed by atoms with E-state index in [1.54, 1.807) is 7.11 Å². The molecule has 0 saturated heterocycles. The molecule has 0 heterocycles. The van der Waals surface area contributed by atoms with Gasteiger partial charge in [0.15, 0.2) is 0 Å². The van der Waals surface area contributed by atoms with E-state index in [2.05, 4.69) is 10.6 Å². The second-order valence-corrected chi connectivity index (χ2v) is 3.87. The molecule has 0 radical (unpaired) electrons. The fraction of sp³-hybridized carbons (Fsp3) is 0.917. The number of hydrogen-bond donors (Lipinski definition) is 2. The summed E-state index contributed by atoms with van der Waals surface area (Å²) < 4.78 is 10.2. The first kappa shape index (κ1) is 16.4. The van der Waals surface area contributed by atoms with E-state index in [0.717, 1.165) is 39.0 Å². The molecule has 0 aromatic rings. The number of hydrogen-bond acceptors (Lipinski definition) is 4. The van der Waals surface area contributed by atoms with E-state index < -0.39 is 0 Å². The van der Waals surface area contributed by atoms with Gasteiger partial charge in [0.25, 0.3) is 0 Å². The molecule has 0 aromatic heterocycles. The second-order valence-electron chi connectivity index (χ2n) is 3.87. The average Bonchev–Trinajstić information content (AvgIpc) is 2.33. The van der Waals surface area contributed by atoms with Crippen LogP contribution in [0, 0.1) is 0 Å². The molecule has 0 spiro atoms. The molecule has 0 fully saturated rings. The third-order valence-corrected chi connectivity index (χ3v) is 2.30. The third kappa shape index (κ3) is 13.3. The maximum Gasteiger partial charge on any atom is 0.220 e. The van der Waals surface area contributed by atoms with E-state index in [-0.39, 0.29) is 5.91 Å². The van der Waals surface area contributed by atoms with E-state index in [9.17, 15) is 4.79 Å². The molecule has 2 N–H and O–H groups in total. The monoisotopic (exact) mass is 246 g/mol. The first-order chi connectivity index (χ1) is 8.31. The topological polar surface area (TPSA) is 59.6 Å². The van der Waals surface area contributed by atoms with E-state index in [1.807, 2.05) is 7.05 Å². The molecule has 0 aliphatic rings. The summed E-state index contributed by atoms with van der Waals surface area (Å²) in [6.45, 7) is 3.65. The molecule has 17 heavy (non-hydrogen) atoms. The van der Waals surface area contributed by atoms with Gasteiger partial charge in [-0.1, -0.05) is 0 Å². The van der Waals surface area contributed by atoms with Gasteiger partial charge in [0.2, 0.25) is 5.91 Å². The van der Waals surface area contributed by atoms with Gasteiger partial charge in [-0.15, -0.1) is 0 Å². The molecular formula is C12H26N2O3. The number of methoxy groups -OCH3 is 1. The molecule has 1 amide bonds. The zero-order valence-corrected chi connectivity index (χ0v) is 11.1. The van der Waals surface area contributed by atoms with Crippen LogP contribution in [0.4, 0.5) is 0 Å². The highest BCUT2D eigenvalue weighted by Crippen LogP contribution is 1.91. The summed E-state index contributed by atoms with van der Waals surface area (Å²) >= 11 is 0. The molecule has 0 rings (SSSR count). The van der Waals surface area contributed by atoms with Crippen molar-refractivity contribution in [1.29, 1.82) is 0 Å². The molecule has 5 heteroatoms. The lowest BCUT2D eigenvalue weighted by Gasteiger charge is -2.06. The Labute approximate surface area is 104 Å². The van der Waals surface area contributed by atoms with Crippen LogP contribution in [0.2, 0.25) is 0 Å². The lowest BCUT2D eigenvalue weighted by Crippen LogP contribution is -2.25. The summed E-state index contributed by atoms with van der Waals surface area (Å²) in [7, 11) is 3.55. The van der Waals surface area contributed by atoms with Crippen LogP contribution >= 0.6 is 0 Å². The lowest BCUT2D eigenvalue weighted by molar-refractivity contribution is -0.121. The minimum absolute atomic E-state index is 0.139. The van der Waals surface area contributed by atoms with Gasteiger partial charge in [0.05, 0.1) is 13.2 Å². The normalized spacial score (nSPS) is 10.5. The number of rotatable bonds is 12. The maximum atomic E-state index is 11.3. The molecule has 0 aliphatic heterocycles. The smallest absolute Gasteiger partial charge is 0.220 e. The molecule has 5 nitrogen and oxygen atoms in total. The molecule has 102 valence electrons. The fourth-order valence-electron chi connectivity index (χ4n) is 1.32. The number of ether oxygens (including phenoxy) is 2. The number of carbonyl (C=O) groups is 1. The molecule has 0 aliphatic carbocycles. The highest BCUT2D eigenvalue weighted by Gasteiger charge is 1.99. The third-order valence-electron chi connectivity index (χ3n) is 2.30. The molecule has 0 bridgehead atoms. The van der Waals surface area contributed by atoms with Crippen molar-refractivity contribution >= 4 is 5.91 Å². The number of amides is 1. The Morgan fingerprint density at radius 2 is 1.88 bits per heavy atom. The zero-order chi connectivity index (χ0) is 12.8. The fourth-order valence-corrected chi connectivity index (χ4v) is 1.32. The van der Waals surface area contributed by atoms with Crippen LogP contribution in [-0.4, -0.2) is 53.0 Å². The van der Waals surface area contributed by atoms with Gasteiger partial charge in [-0.25, -0.2) is 0 Å². The summed E-state index contributed by atoms with van der Waals surface area (Å²) in [4.78, 5) is 11.3. The SMILES string of the molecule is CNCCCC(=O)NCCCCOCCOC. The van der Waals surface area contributed by atoms with Crippen molar-refractivity contribution in [3.05, 3.63) is 0 Å². The van der Waals surface area contributed by atoms with Crippen molar-refractivity contribution < 1.29 is 14.3 Å². The second kappa shape index (κ2) is 13.4. The molecule has 0 atom stereocenters. The van der Waals surface area contributed by atoms with Crippen molar-refractivity contribution in [3.8, 4) is 0 Å². The van der Waals surface area contributed by atoms with Crippen molar-refractivity contribution in [2.24, 2.45) is 0 Å². The minimum atomic E-state index is 0.139. The van der Waals surface area contributed by atoms with Gasteiger partial charge in [0, 0.05) is 26.7 Å². The maximum absolute atomic E-state index is 11.3. The quantitative estimate of drug-likeness (QED) is 0.494. The first-order valence-electron chi connectivity index (χ1n) is 6.29. The van der Waals surface area contributed by atoms with Crippen molar-refractivity contribution in [1.82, 2.24) is 10.6 Å². The van der Waals surface area contributed by atoms with Crippen LogP contribution in [0.15, 0.2) is 0 Å².